The van der Waals surface area contributed by atoms with E-state index in [9.17, 15) is 9.59 Å². The van der Waals surface area contributed by atoms with Gasteiger partial charge in [0.05, 0.1) is 0 Å². The molecule has 0 heterocycles. The summed E-state index contributed by atoms with van der Waals surface area (Å²) in [5, 5.41) is 8.19. The Hall–Kier alpha value is -0.900. The van der Waals surface area contributed by atoms with Crippen LogP contribution < -0.4 is 0 Å². The van der Waals surface area contributed by atoms with E-state index in [4.69, 9.17) is 5.11 Å². The van der Waals surface area contributed by atoms with Crippen LogP contribution in [-0.2, 0) is 14.3 Å². The summed E-state index contributed by atoms with van der Waals surface area (Å²) in [6.07, 6.45) is 0. The monoisotopic (exact) mass is 174 g/mol. The SMILES string of the molecule is CC(C)(C)C(=O)COCC(=O)O. The minimum absolute atomic E-state index is 0.0937. The zero-order valence-corrected chi connectivity index (χ0v) is 7.59. The molecule has 4 nitrogen and oxygen atoms in total. The van der Waals surface area contributed by atoms with Gasteiger partial charge in [0.25, 0.3) is 0 Å². The summed E-state index contributed by atoms with van der Waals surface area (Å²) in [6.45, 7) is 4.75. The second kappa shape index (κ2) is 4.21. The van der Waals surface area contributed by atoms with Crippen LogP contribution in [0.5, 0.6) is 0 Å². The molecule has 0 aliphatic carbocycles. The molecule has 0 aromatic carbocycles. The second-order valence-electron chi connectivity index (χ2n) is 3.56. The van der Waals surface area contributed by atoms with E-state index in [1.165, 1.54) is 0 Å². The first-order valence-electron chi connectivity index (χ1n) is 3.67. The van der Waals surface area contributed by atoms with Crippen molar-refractivity contribution in [2.45, 2.75) is 20.8 Å². The van der Waals surface area contributed by atoms with Crippen LogP contribution in [0.4, 0.5) is 0 Å². The van der Waals surface area contributed by atoms with Gasteiger partial charge in [0.2, 0.25) is 0 Å². The molecule has 0 bridgehead atoms. The Morgan fingerprint density at radius 1 is 1.25 bits per heavy atom. The van der Waals surface area contributed by atoms with E-state index in [2.05, 4.69) is 4.74 Å². The molecule has 4 heteroatoms. The normalized spacial score (nSPS) is 11.2. The Balaban J connectivity index is 3.66. The number of ketones is 1. The molecule has 0 aromatic rings. The molecule has 0 amide bonds. The maximum atomic E-state index is 11.1. The number of carboxylic acids is 1. The number of Topliss-reactive ketones (excluding diaryl/α,β-unsaturated/α-hetero) is 1. The van der Waals surface area contributed by atoms with E-state index >= 15 is 0 Å². The predicted molar refractivity (Wildman–Crippen MR) is 42.9 cm³/mol. The number of carbonyl (C=O) groups is 2. The number of aliphatic carboxylic acids is 1. The van der Waals surface area contributed by atoms with Gasteiger partial charge in [-0.3, -0.25) is 4.79 Å². The summed E-state index contributed by atoms with van der Waals surface area (Å²) >= 11 is 0. The molecule has 0 atom stereocenters. The van der Waals surface area contributed by atoms with E-state index in [1.54, 1.807) is 20.8 Å². The lowest BCUT2D eigenvalue weighted by Gasteiger charge is -2.15. The van der Waals surface area contributed by atoms with Crippen molar-refractivity contribution in [3.8, 4) is 0 Å². The third-order valence-corrected chi connectivity index (χ3v) is 1.30. The largest absolute Gasteiger partial charge is 0.480 e. The van der Waals surface area contributed by atoms with E-state index < -0.39 is 18.0 Å². The van der Waals surface area contributed by atoms with E-state index in [0.717, 1.165) is 0 Å². The fourth-order valence-corrected chi connectivity index (χ4v) is 0.448. The van der Waals surface area contributed by atoms with Gasteiger partial charge in [0, 0.05) is 5.41 Å². The van der Waals surface area contributed by atoms with Gasteiger partial charge in [0.1, 0.15) is 13.2 Å². The van der Waals surface area contributed by atoms with Gasteiger partial charge >= 0.3 is 5.97 Å². The Bertz CT molecular complexity index is 178. The van der Waals surface area contributed by atoms with Crippen LogP contribution >= 0.6 is 0 Å². The zero-order valence-electron chi connectivity index (χ0n) is 7.59. The van der Waals surface area contributed by atoms with Gasteiger partial charge in [-0.15, -0.1) is 0 Å². The number of hydrogen-bond donors (Lipinski definition) is 1. The third kappa shape index (κ3) is 4.85. The molecule has 0 saturated carbocycles. The fourth-order valence-electron chi connectivity index (χ4n) is 0.448. The van der Waals surface area contributed by atoms with Crippen LogP contribution in [0.15, 0.2) is 0 Å². The number of carboxylic acid groups (broad SMARTS) is 1. The van der Waals surface area contributed by atoms with E-state index in [-0.39, 0.29) is 12.4 Å². The van der Waals surface area contributed by atoms with Crippen LogP contribution in [0, 0.1) is 5.41 Å². The highest BCUT2D eigenvalue weighted by Crippen LogP contribution is 2.14. The molecule has 0 spiro atoms. The maximum absolute atomic E-state index is 11.1. The predicted octanol–water partition coefficient (Wildman–Crippen LogP) is 0.703. The molecule has 1 N–H and O–H groups in total. The maximum Gasteiger partial charge on any atom is 0.329 e. The van der Waals surface area contributed by atoms with Crippen molar-refractivity contribution in [1.29, 1.82) is 0 Å². The van der Waals surface area contributed by atoms with Crippen molar-refractivity contribution in [2.75, 3.05) is 13.2 Å². The summed E-state index contributed by atoms with van der Waals surface area (Å²) in [5.41, 5.74) is -0.460. The van der Waals surface area contributed by atoms with Gasteiger partial charge in [0.15, 0.2) is 5.78 Å². The van der Waals surface area contributed by atoms with Crippen LogP contribution in [0.1, 0.15) is 20.8 Å². The van der Waals surface area contributed by atoms with E-state index in [0.29, 0.717) is 0 Å². The number of rotatable bonds is 4. The molecule has 0 rings (SSSR count). The molecule has 0 unspecified atom stereocenters. The van der Waals surface area contributed by atoms with Crippen molar-refractivity contribution in [3.63, 3.8) is 0 Å². The first-order valence-corrected chi connectivity index (χ1v) is 3.67. The van der Waals surface area contributed by atoms with Crippen LogP contribution in [0.25, 0.3) is 0 Å². The number of carbonyl (C=O) groups excluding carboxylic acids is 1. The second-order valence-corrected chi connectivity index (χ2v) is 3.56. The zero-order chi connectivity index (χ0) is 9.78. The molecule has 70 valence electrons. The van der Waals surface area contributed by atoms with Crippen LogP contribution in [0.3, 0.4) is 0 Å². The Labute approximate surface area is 71.5 Å². The molecule has 0 fully saturated rings. The molecule has 12 heavy (non-hydrogen) atoms. The van der Waals surface area contributed by atoms with Gasteiger partial charge in [-0.25, -0.2) is 4.79 Å². The van der Waals surface area contributed by atoms with Crippen molar-refractivity contribution >= 4 is 11.8 Å². The van der Waals surface area contributed by atoms with Crippen LogP contribution in [0.2, 0.25) is 0 Å². The lowest BCUT2D eigenvalue weighted by molar-refractivity contribution is -0.144. The van der Waals surface area contributed by atoms with Gasteiger partial charge < -0.3 is 9.84 Å². The summed E-state index contributed by atoms with van der Waals surface area (Å²) in [5.74, 6) is -1.15. The summed E-state index contributed by atoms with van der Waals surface area (Å²) < 4.78 is 4.63. The lowest BCUT2D eigenvalue weighted by Crippen LogP contribution is -2.26. The van der Waals surface area contributed by atoms with Crippen molar-refractivity contribution < 1.29 is 19.4 Å². The summed E-state index contributed by atoms with van der Waals surface area (Å²) in [4.78, 5) is 21.1. The van der Waals surface area contributed by atoms with Gasteiger partial charge in [-0.2, -0.15) is 0 Å². The molecule has 0 aliphatic rings. The van der Waals surface area contributed by atoms with Crippen LogP contribution in [-0.4, -0.2) is 30.1 Å². The quantitative estimate of drug-likeness (QED) is 0.681. The Morgan fingerprint density at radius 3 is 2.08 bits per heavy atom. The minimum Gasteiger partial charge on any atom is -0.480 e. The highest BCUT2D eigenvalue weighted by atomic mass is 16.5. The first kappa shape index (κ1) is 11.1. The third-order valence-electron chi connectivity index (χ3n) is 1.30. The standard InChI is InChI=1S/C8H14O4/c1-8(2,3)6(9)4-12-5-7(10)11/h4-5H2,1-3H3,(H,10,11). The van der Waals surface area contributed by atoms with Crippen molar-refractivity contribution in [2.24, 2.45) is 5.41 Å². The smallest absolute Gasteiger partial charge is 0.329 e. The number of ether oxygens (including phenoxy) is 1. The highest BCUT2D eigenvalue weighted by molar-refractivity contribution is 5.85. The van der Waals surface area contributed by atoms with E-state index in [1.807, 2.05) is 0 Å². The summed E-state index contributed by atoms with van der Waals surface area (Å²) in [6, 6.07) is 0. The molecular weight excluding hydrogens is 160 g/mol. The molecular formula is C8H14O4. The molecule has 0 radical (unpaired) electrons. The summed E-state index contributed by atoms with van der Waals surface area (Å²) in [7, 11) is 0. The van der Waals surface area contributed by atoms with Crippen molar-refractivity contribution in [1.82, 2.24) is 0 Å². The Morgan fingerprint density at radius 2 is 1.75 bits per heavy atom. The molecule has 0 aliphatic heterocycles. The highest BCUT2D eigenvalue weighted by Gasteiger charge is 2.20. The number of hydrogen-bond acceptors (Lipinski definition) is 3. The van der Waals surface area contributed by atoms with Gasteiger partial charge in [-0.1, -0.05) is 20.8 Å². The lowest BCUT2D eigenvalue weighted by atomic mass is 9.91. The Kier molecular flexibility index (Phi) is 3.89. The van der Waals surface area contributed by atoms with Crippen molar-refractivity contribution in [3.05, 3.63) is 0 Å². The molecule has 0 aromatic heterocycles. The topological polar surface area (TPSA) is 63.6 Å². The first-order chi connectivity index (χ1) is 5.34. The minimum atomic E-state index is -1.06. The average molecular weight is 174 g/mol. The fraction of sp³-hybridized carbons (Fsp3) is 0.750. The molecule has 0 saturated heterocycles. The van der Waals surface area contributed by atoms with Gasteiger partial charge in [-0.05, 0) is 0 Å². The average Bonchev–Trinajstić information content (AvgIpc) is 1.84.